The lowest BCUT2D eigenvalue weighted by molar-refractivity contribution is 1.10. The molecule has 0 saturated heterocycles. The van der Waals surface area contributed by atoms with Crippen molar-refractivity contribution in [3.8, 4) is 0 Å². The molecule has 15 heavy (non-hydrogen) atoms. The van der Waals surface area contributed by atoms with Crippen LogP contribution < -0.4 is 5.73 Å². The zero-order valence-electron chi connectivity index (χ0n) is 8.86. The summed E-state index contributed by atoms with van der Waals surface area (Å²) in [6, 6.07) is 10.9. The van der Waals surface area contributed by atoms with Crippen LogP contribution in [0.3, 0.4) is 0 Å². The molecule has 2 aromatic rings. The molecule has 0 aliphatic heterocycles. The molecule has 2 heteroatoms. The van der Waals surface area contributed by atoms with Crippen molar-refractivity contribution in [1.82, 2.24) is 0 Å². The maximum atomic E-state index is 5.59. The fourth-order valence-electron chi connectivity index (χ4n) is 1.68. The van der Waals surface area contributed by atoms with Crippen molar-refractivity contribution < 1.29 is 0 Å². The summed E-state index contributed by atoms with van der Waals surface area (Å²) in [7, 11) is 0. The van der Waals surface area contributed by atoms with Gasteiger partial charge in [0.15, 0.2) is 0 Å². The zero-order valence-corrected chi connectivity index (χ0v) is 9.68. The molecule has 1 heterocycles. The Hall–Kier alpha value is -1.12. The van der Waals surface area contributed by atoms with Crippen LogP contribution in [0, 0.1) is 6.92 Å². The van der Waals surface area contributed by atoms with E-state index in [1.807, 2.05) is 0 Å². The Labute approximate surface area is 94.6 Å². The van der Waals surface area contributed by atoms with Gasteiger partial charge < -0.3 is 5.73 Å². The van der Waals surface area contributed by atoms with Crippen molar-refractivity contribution in [3.63, 3.8) is 0 Å². The fraction of sp³-hybridized carbons (Fsp3) is 0.231. The van der Waals surface area contributed by atoms with Gasteiger partial charge in [0.2, 0.25) is 0 Å². The predicted octanol–water partition coefficient (Wildman–Crippen LogP) is 3.11. The van der Waals surface area contributed by atoms with Crippen molar-refractivity contribution in [3.05, 3.63) is 57.3 Å². The maximum Gasteiger partial charge on any atom is 0.0273 e. The van der Waals surface area contributed by atoms with E-state index in [0.29, 0.717) is 6.54 Å². The molecule has 0 unspecified atom stereocenters. The number of hydrogen-bond acceptors (Lipinski definition) is 2. The van der Waals surface area contributed by atoms with Crippen molar-refractivity contribution in [2.24, 2.45) is 5.73 Å². The summed E-state index contributed by atoms with van der Waals surface area (Å²) in [6.07, 6.45) is 1.01. The first kappa shape index (κ1) is 10.4. The Balaban J connectivity index is 2.14. The lowest BCUT2D eigenvalue weighted by Gasteiger charge is -2.00. The Kier molecular flexibility index (Phi) is 3.19. The first-order chi connectivity index (χ1) is 7.28. The van der Waals surface area contributed by atoms with Gasteiger partial charge in [-0.3, -0.25) is 0 Å². The quantitative estimate of drug-likeness (QED) is 0.840. The van der Waals surface area contributed by atoms with Crippen molar-refractivity contribution in [1.29, 1.82) is 0 Å². The van der Waals surface area contributed by atoms with Crippen molar-refractivity contribution >= 4 is 11.3 Å². The van der Waals surface area contributed by atoms with E-state index in [1.54, 1.807) is 11.3 Å². The summed E-state index contributed by atoms with van der Waals surface area (Å²) in [5.74, 6) is 0. The van der Waals surface area contributed by atoms with E-state index in [1.165, 1.54) is 21.6 Å². The normalized spacial score (nSPS) is 10.5. The van der Waals surface area contributed by atoms with Crippen LogP contribution in [0.25, 0.3) is 0 Å². The van der Waals surface area contributed by atoms with Gasteiger partial charge in [-0.2, -0.15) is 0 Å². The fourth-order valence-corrected chi connectivity index (χ4v) is 2.45. The summed E-state index contributed by atoms with van der Waals surface area (Å²) < 4.78 is 0. The number of rotatable bonds is 3. The van der Waals surface area contributed by atoms with Crippen LogP contribution in [0.1, 0.15) is 21.6 Å². The number of aryl methyl sites for hydroxylation is 1. The summed E-state index contributed by atoms with van der Waals surface area (Å²) in [5, 5.41) is 2.20. The van der Waals surface area contributed by atoms with Crippen LogP contribution in [-0.4, -0.2) is 0 Å². The minimum Gasteiger partial charge on any atom is -0.326 e. The molecule has 0 aliphatic carbocycles. The topological polar surface area (TPSA) is 26.0 Å². The van der Waals surface area contributed by atoms with Crippen molar-refractivity contribution in [2.75, 3.05) is 0 Å². The highest BCUT2D eigenvalue weighted by atomic mass is 32.1. The molecule has 0 fully saturated rings. The smallest absolute Gasteiger partial charge is 0.0273 e. The van der Waals surface area contributed by atoms with Gasteiger partial charge in [-0.1, -0.05) is 29.8 Å². The number of hydrogen-bond donors (Lipinski definition) is 1. The second kappa shape index (κ2) is 4.60. The van der Waals surface area contributed by atoms with E-state index in [0.717, 1.165) is 6.42 Å². The van der Waals surface area contributed by atoms with Gasteiger partial charge in [0, 0.05) is 11.4 Å². The molecule has 2 rings (SSSR count). The van der Waals surface area contributed by atoms with Crippen LogP contribution in [0.2, 0.25) is 0 Å². The zero-order chi connectivity index (χ0) is 10.7. The van der Waals surface area contributed by atoms with Gasteiger partial charge >= 0.3 is 0 Å². The summed E-state index contributed by atoms with van der Waals surface area (Å²) in [5.41, 5.74) is 9.65. The third-order valence-corrected chi connectivity index (χ3v) is 3.41. The summed E-state index contributed by atoms with van der Waals surface area (Å²) in [6.45, 7) is 2.78. The van der Waals surface area contributed by atoms with Gasteiger partial charge in [-0.15, -0.1) is 11.3 Å². The van der Waals surface area contributed by atoms with Gasteiger partial charge in [-0.25, -0.2) is 0 Å². The van der Waals surface area contributed by atoms with E-state index in [2.05, 4.69) is 42.6 Å². The average Bonchev–Trinajstić information content (AvgIpc) is 2.65. The predicted molar refractivity (Wildman–Crippen MR) is 66.2 cm³/mol. The Morgan fingerprint density at radius 3 is 2.73 bits per heavy atom. The van der Waals surface area contributed by atoms with Crippen LogP contribution in [0.5, 0.6) is 0 Å². The second-order valence-electron chi connectivity index (χ2n) is 3.79. The molecule has 1 aromatic heterocycles. The Morgan fingerprint density at radius 1 is 1.20 bits per heavy atom. The maximum absolute atomic E-state index is 5.59. The molecule has 1 aromatic carbocycles. The van der Waals surface area contributed by atoms with Gasteiger partial charge in [-0.05, 0) is 35.9 Å². The first-order valence-electron chi connectivity index (χ1n) is 5.10. The SMILES string of the molecule is Cc1cccc(Cc2csc(CN)c2)c1. The van der Waals surface area contributed by atoms with Crippen LogP contribution >= 0.6 is 11.3 Å². The van der Waals surface area contributed by atoms with Crippen LogP contribution in [0.15, 0.2) is 35.7 Å². The first-order valence-corrected chi connectivity index (χ1v) is 5.98. The second-order valence-corrected chi connectivity index (χ2v) is 4.79. The molecule has 0 atom stereocenters. The van der Waals surface area contributed by atoms with E-state index >= 15 is 0 Å². The lowest BCUT2D eigenvalue weighted by Crippen LogP contribution is -1.92. The molecule has 0 amide bonds. The largest absolute Gasteiger partial charge is 0.326 e. The minimum absolute atomic E-state index is 0.651. The van der Waals surface area contributed by atoms with Crippen LogP contribution in [-0.2, 0) is 13.0 Å². The molecule has 1 nitrogen and oxygen atoms in total. The molecular weight excluding hydrogens is 202 g/mol. The standard InChI is InChI=1S/C13H15NS/c1-10-3-2-4-11(5-10)6-12-7-13(8-14)15-9-12/h2-5,7,9H,6,8,14H2,1H3. The highest BCUT2D eigenvalue weighted by Crippen LogP contribution is 2.18. The molecule has 78 valence electrons. The Bertz CT molecular complexity index is 445. The number of nitrogens with two attached hydrogens (primary N) is 1. The highest BCUT2D eigenvalue weighted by Gasteiger charge is 2.00. The molecule has 0 saturated carbocycles. The third kappa shape index (κ3) is 2.67. The number of thiophene rings is 1. The average molecular weight is 217 g/mol. The Morgan fingerprint density at radius 2 is 2.07 bits per heavy atom. The van der Waals surface area contributed by atoms with Crippen LogP contribution in [0.4, 0.5) is 0 Å². The molecular formula is C13H15NS. The van der Waals surface area contributed by atoms with E-state index in [-0.39, 0.29) is 0 Å². The third-order valence-electron chi connectivity index (χ3n) is 2.40. The van der Waals surface area contributed by atoms with Gasteiger partial charge in [0.1, 0.15) is 0 Å². The van der Waals surface area contributed by atoms with E-state index < -0.39 is 0 Å². The van der Waals surface area contributed by atoms with Gasteiger partial charge in [0.05, 0.1) is 0 Å². The molecule has 0 radical (unpaired) electrons. The molecule has 0 spiro atoms. The lowest BCUT2D eigenvalue weighted by atomic mass is 10.1. The molecule has 2 N–H and O–H groups in total. The highest BCUT2D eigenvalue weighted by molar-refractivity contribution is 7.10. The van der Waals surface area contributed by atoms with Gasteiger partial charge in [0.25, 0.3) is 0 Å². The van der Waals surface area contributed by atoms with Crippen molar-refractivity contribution in [2.45, 2.75) is 19.9 Å². The summed E-state index contributed by atoms with van der Waals surface area (Å²) in [4.78, 5) is 1.26. The summed E-state index contributed by atoms with van der Waals surface area (Å²) >= 11 is 1.75. The molecule has 0 aliphatic rings. The minimum atomic E-state index is 0.651. The monoisotopic (exact) mass is 217 g/mol. The van der Waals surface area contributed by atoms with E-state index in [9.17, 15) is 0 Å². The number of benzene rings is 1. The molecule has 0 bridgehead atoms. The van der Waals surface area contributed by atoms with E-state index in [4.69, 9.17) is 5.73 Å².